The van der Waals surface area contributed by atoms with Gasteiger partial charge in [-0.3, -0.25) is 23.8 Å². The number of piperazine rings is 1. The van der Waals surface area contributed by atoms with Crippen LogP contribution in [0.4, 0.5) is 18.9 Å². The van der Waals surface area contributed by atoms with Crippen LogP contribution in [0.5, 0.6) is 5.75 Å². The van der Waals surface area contributed by atoms with E-state index in [4.69, 9.17) is 4.74 Å². The molecule has 4 aromatic rings. The van der Waals surface area contributed by atoms with Crippen LogP contribution >= 0.6 is 0 Å². The standard InChI is InChI=1S/C32H33F3N4O5S/c1-22-18-24(28-4-2-3-5-29(28)36-22)21-44-27-12-10-26(11-13-27)39(45(42)43)20-30(31(40)41)38-16-14-37(15-17-38)19-23-6-8-25(9-7-23)32(33,34)35/h2-13,18,30H,14-17,19-21H2,1H3,(H,40,41)(H,42,43)/p-1/t30-/m0/s1. The van der Waals surface area contributed by atoms with Gasteiger partial charge in [-0.2, -0.15) is 13.2 Å². The number of benzene rings is 3. The first kappa shape index (κ1) is 32.4. The summed E-state index contributed by atoms with van der Waals surface area (Å²) in [5.41, 5.74) is 3.01. The maximum absolute atomic E-state index is 12.9. The highest BCUT2D eigenvalue weighted by molar-refractivity contribution is 7.80. The summed E-state index contributed by atoms with van der Waals surface area (Å²) >= 11 is -2.74. The average molecular weight is 642 g/mol. The molecule has 45 heavy (non-hydrogen) atoms. The number of halogens is 3. The Morgan fingerprint density at radius 2 is 1.71 bits per heavy atom. The highest BCUT2D eigenvalue weighted by Crippen LogP contribution is 2.29. The summed E-state index contributed by atoms with van der Waals surface area (Å²) in [6.07, 6.45) is -4.40. The topological polar surface area (TPSA) is 109 Å². The van der Waals surface area contributed by atoms with Crippen molar-refractivity contribution in [3.05, 3.63) is 101 Å². The molecule has 1 aromatic heterocycles. The van der Waals surface area contributed by atoms with Gasteiger partial charge in [0.15, 0.2) is 0 Å². The molecule has 9 nitrogen and oxygen atoms in total. The van der Waals surface area contributed by atoms with E-state index >= 15 is 0 Å². The number of nitrogens with zero attached hydrogens (tertiary/aromatic N) is 4. The number of fused-ring (bicyclic) bond motifs is 1. The van der Waals surface area contributed by atoms with E-state index in [-0.39, 0.29) is 13.2 Å². The zero-order valence-corrected chi connectivity index (χ0v) is 25.3. The number of alkyl halides is 3. The third kappa shape index (κ3) is 8.17. The Balaban J connectivity index is 1.19. The molecule has 238 valence electrons. The Morgan fingerprint density at radius 1 is 1.04 bits per heavy atom. The molecule has 0 aliphatic carbocycles. The second-order valence-corrected chi connectivity index (χ2v) is 11.7. The van der Waals surface area contributed by atoms with Crippen LogP contribution in [-0.4, -0.2) is 73.4 Å². The van der Waals surface area contributed by atoms with Crippen molar-refractivity contribution >= 4 is 33.8 Å². The molecule has 0 spiro atoms. The average Bonchev–Trinajstić information content (AvgIpc) is 3.01. The third-order valence-corrected chi connectivity index (χ3v) is 8.51. The predicted molar refractivity (Wildman–Crippen MR) is 163 cm³/mol. The van der Waals surface area contributed by atoms with Gasteiger partial charge in [-0.05, 0) is 61.0 Å². The lowest BCUT2D eigenvalue weighted by molar-refractivity contribution is -0.143. The number of rotatable bonds is 11. The summed E-state index contributed by atoms with van der Waals surface area (Å²) in [4.78, 5) is 20.5. The van der Waals surface area contributed by atoms with Crippen molar-refractivity contribution in [3.63, 3.8) is 0 Å². The zero-order valence-electron chi connectivity index (χ0n) is 24.4. The number of carboxylic acids is 1. The molecule has 1 N–H and O–H groups in total. The second-order valence-electron chi connectivity index (χ2n) is 10.9. The van der Waals surface area contributed by atoms with Gasteiger partial charge in [0.25, 0.3) is 0 Å². The highest BCUT2D eigenvalue weighted by atomic mass is 32.2. The van der Waals surface area contributed by atoms with Crippen molar-refractivity contribution in [2.75, 3.05) is 37.0 Å². The van der Waals surface area contributed by atoms with Crippen molar-refractivity contribution in [2.24, 2.45) is 0 Å². The van der Waals surface area contributed by atoms with Gasteiger partial charge in [-0.25, -0.2) is 0 Å². The van der Waals surface area contributed by atoms with E-state index in [2.05, 4.69) is 4.98 Å². The molecular formula is C32H32F3N4O5S-. The Hall–Kier alpha value is -4.04. The predicted octanol–water partition coefficient (Wildman–Crippen LogP) is 5.01. The van der Waals surface area contributed by atoms with E-state index in [9.17, 15) is 31.8 Å². The van der Waals surface area contributed by atoms with Gasteiger partial charge in [0.05, 0.1) is 17.6 Å². The fourth-order valence-electron chi connectivity index (χ4n) is 5.43. The van der Waals surface area contributed by atoms with Gasteiger partial charge in [0.1, 0.15) is 18.4 Å². The molecule has 0 amide bonds. The van der Waals surface area contributed by atoms with Gasteiger partial charge < -0.3 is 18.7 Å². The number of carboxylic acid groups (broad SMARTS) is 1. The number of para-hydroxylation sites is 1. The first-order chi connectivity index (χ1) is 21.5. The molecule has 2 heterocycles. The third-order valence-electron chi connectivity index (χ3n) is 7.79. The van der Waals surface area contributed by atoms with Crippen molar-refractivity contribution in [1.82, 2.24) is 14.8 Å². The first-order valence-corrected chi connectivity index (χ1v) is 15.3. The van der Waals surface area contributed by atoms with Gasteiger partial charge in [-0.15, -0.1) is 0 Å². The maximum atomic E-state index is 12.9. The Kier molecular flexibility index (Phi) is 10.0. The number of aliphatic carboxylic acids is 1. The molecule has 13 heteroatoms. The smallest absolute Gasteiger partial charge is 0.416 e. The zero-order chi connectivity index (χ0) is 32.1. The van der Waals surface area contributed by atoms with Crippen molar-refractivity contribution in [3.8, 4) is 5.75 Å². The Morgan fingerprint density at radius 3 is 2.33 bits per heavy atom. The molecule has 1 aliphatic rings. The van der Waals surface area contributed by atoms with Gasteiger partial charge >= 0.3 is 12.1 Å². The van der Waals surface area contributed by atoms with E-state index in [1.165, 1.54) is 12.1 Å². The summed E-state index contributed by atoms with van der Waals surface area (Å²) < 4.78 is 70.0. The number of hydrogen-bond acceptors (Lipinski definition) is 7. The van der Waals surface area contributed by atoms with Crippen LogP contribution in [0.1, 0.15) is 22.4 Å². The fourth-order valence-corrected chi connectivity index (χ4v) is 5.99. The Labute approximate surface area is 261 Å². The van der Waals surface area contributed by atoms with Gasteiger partial charge in [0, 0.05) is 66.3 Å². The molecule has 0 bridgehead atoms. The van der Waals surface area contributed by atoms with Crippen LogP contribution < -0.4 is 9.04 Å². The number of carbonyl (C=O) groups is 1. The minimum atomic E-state index is -4.40. The van der Waals surface area contributed by atoms with Crippen LogP contribution in [0.3, 0.4) is 0 Å². The van der Waals surface area contributed by atoms with E-state index < -0.39 is 35.0 Å². The molecule has 5 rings (SSSR count). The quantitative estimate of drug-likeness (QED) is 0.228. The summed E-state index contributed by atoms with van der Waals surface area (Å²) in [5.74, 6) is -0.630. The SMILES string of the molecule is Cc1cc(COc2ccc(N(C[C@@H](C(=O)O)N3CCN(Cc4ccc(C(F)(F)F)cc4)CC3)S(=O)[O-])cc2)c2ccccc2n1. The number of anilines is 1. The van der Waals surface area contributed by atoms with Crippen LogP contribution in [0, 0.1) is 6.92 Å². The molecule has 2 atom stereocenters. The van der Waals surface area contributed by atoms with E-state index in [0.717, 1.165) is 44.2 Å². The lowest BCUT2D eigenvalue weighted by atomic mass is 10.1. The second kappa shape index (κ2) is 13.9. The summed E-state index contributed by atoms with van der Waals surface area (Å²) in [5, 5.41) is 11.0. The highest BCUT2D eigenvalue weighted by Gasteiger charge is 2.32. The number of aryl methyl sites for hydroxylation is 1. The van der Waals surface area contributed by atoms with Crippen molar-refractivity contribution in [1.29, 1.82) is 0 Å². The van der Waals surface area contributed by atoms with Crippen molar-refractivity contribution < 1.29 is 36.6 Å². The van der Waals surface area contributed by atoms with Crippen molar-refractivity contribution in [2.45, 2.75) is 32.3 Å². The lowest BCUT2D eigenvalue weighted by Crippen LogP contribution is -2.56. The number of hydrogen-bond donors (Lipinski definition) is 1. The summed E-state index contributed by atoms with van der Waals surface area (Å²) in [6.45, 7) is 3.98. The van der Waals surface area contributed by atoms with E-state index in [1.54, 1.807) is 29.2 Å². The molecule has 3 aromatic carbocycles. The van der Waals surface area contributed by atoms with Crippen LogP contribution in [0.2, 0.25) is 0 Å². The maximum Gasteiger partial charge on any atom is 0.416 e. The number of pyridine rings is 1. The minimum Gasteiger partial charge on any atom is -0.755 e. The minimum absolute atomic E-state index is 0.284. The molecule has 1 aliphatic heterocycles. The fraction of sp³-hybridized carbons (Fsp3) is 0.312. The van der Waals surface area contributed by atoms with Crippen LogP contribution in [-0.2, 0) is 35.4 Å². The number of ether oxygens (including phenoxy) is 1. The van der Waals surface area contributed by atoms with Gasteiger partial charge in [0.2, 0.25) is 0 Å². The summed E-state index contributed by atoms with van der Waals surface area (Å²) in [7, 11) is 0. The summed E-state index contributed by atoms with van der Waals surface area (Å²) in [6, 6.07) is 20.0. The van der Waals surface area contributed by atoms with Crippen LogP contribution in [0.15, 0.2) is 78.9 Å². The van der Waals surface area contributed by atoms with Crippen LogP contribution in [0.25, 0.3) is 10.9 Å². The Bertz CT molecular complexity index is 1650. The molecule has 0 saturated carbocycles. The van der Waals surface area contributed by atoms with Gasteiger partial charge in [-0.1, -0.05) is 30.3 Å². The number of aromatic nitrogens is 1. The molecule has 1 unspecified atom stereocenters. The molecule has 1 saturated heterocycles. The molecular weight excluding hydrogens is 609 g/mol. The lowest BCUT2D eigenvalue weighted by Gasteiger charge is -2.39. The molecule has 1 fully saturated rings. The molecule has 0 radical (unpaired) electrons. The van der Waals surface area contributed by atoms with E-state index in [0.29, 0.717) is 44.2 Å². The first-order valence-electron chi connectivity index (χ1n) is 14.3. The van der Waals surface area contributed by atoms with E-state index in [1.807, 2.05) is 42.2 Å². The monoisotopic (exact) mass is 641 g/mol. The largest absolute Gasteiger partial charge is 0.755 e. The normalized spacial score (nSPS) is 15.9.